The van der Waals surface area contributed by atoms with Gasteiger partial charge in [-0.15, -0.1) is 0 Å². The zero-order valence-electron chi connectivity index (χ0n) is 18.3. The third kappa shape index (κ3) is 6.99. The number of ether oxygens (including phenoxy) is 4. The van der Waals surface area contributed by atoms with E-state index in [0.717, 1.165) is 23.5 Å². The molecule has 158 valence electrons. The fourth-order valence-electron chi connectivity index (χ4n) is 2.91. The average Bonchev–Trinajstić information content (AvgIpc) is 3.04. The lowest BCUT2D eigenvalue weighted by Crippen LogP contribution is -2.39. The van der Waals surface area contributed by atoms with Crippen molar-refractivity contribution in [2.45, 2.75) is 66.0 Å². The van der Waals surface area contributed by atoms with Crippen LogP contribution in [0.5, 0.6) is 11.5 Å². The highest BCUT2D eigenvalue weighted by atomic mass is 16.7. The van der Waals surface area contributed by atoms with E-state index in [-0.39, 0.29) is 36.6 Å². The molecule has 0 N–H and O–H groups in total. The molecule has 1 unspecified atom stereocenters. The first kappa shape index (κ1) is 22.5. The zero-order chi connectivity index (χ0) is 20.9. The summed E-state index contributed by atoms with van der Waals surface area (Å²) in [5.74, 6) is 1.66. The Morgan fingerprint density at radius 2 is 1.86 bits per heavy atom. The van der Waals surface area contributed by atoms with Gasteiger partial charge in [0.05, 0.1) is 12.2 Å². The number of rotatable bonds is 9. The van der Waals surface area contributed by atoms with Gasteiger partial charge in [-0.2, -0.15) is 0 Å². The topological polar surface area (TPSA) is 57.2 Å². The van der Waals surface area contributed by atoms with Gasteiger partial charge in [-0.25, -0.2) is 0 Å². The zero-order valence-corrected chi connectivity index (χ0v) is 18.3. The van der Waals surface area contributed by atoms with Crippen molar-refractivity contribution in [3.8, 4) is 11.5 Å². The lowest BCUT2D eigenvalue weighted by molar-refractivity contribution is -0.144. The van der Waals surface area contributed by atoms with Crippen LogP contribution in [0.2, 0.25) is 0 Å². The molecule has 1 heterocycles. The summed E-state index contributed by atoms with van der Waals surface area (Å²) < 4.78 is 22.0. The van der Waals surface area contributed by atoms with Gasteiger partial charge < -0.3 is 23.8 Å². The number of carbonyl (C=O) groups excluding carboxylic acids is 1. The maximum absolute atomic E-state index is 12.8. The Kier molecular flexibility index (Phi) is 7.34. The Hall–Kier alpha value is -1.79. The predicted molar refractivity (Wildman–Crippen MR) is 109 cm³/mol. The number of benzene rings is 1. The molecular formula is C22H35NO5. The van der Waals surface area contributed by atoms with Gasteiger partial charge >= 0.3 is 0 Å². The Balaban J connectivity index is 1.81. The number of hydrogen-bond acceptors (Lipinski definition) is 5. The molecule has 0 aromatic heterocycles. The summed E-state index contributed by atoms with van der Waals surface area (Å²) in [6, 6.07) is 6.01. The van der Waals surface area contributed by atoms with Crippen molar-refractivity contribution in [1.82, 2.24) is 4.90 Å². The van der Waals surface area contributed by atoms with Crippen molar-refractivity contribution in [3.05, 3.63) is 23.8 Å². The third-order valence-electron chi connectivity index (χ3n) is 4.72. The van der Waals surface area contributed by atoms with Crippen molar-refractivity contribution >= 4 is 5.91 Å². The number of carbonyl (C=O) groups is 1. The first-order valence-corrected chi connectivity index (χ1v) is 9.83. The maximum atomic E-state index is 12.8. The molecule has 6 nitrogen and oxygen atoms in total. The Bertz CT molecular complexity index is 665. The molecule has 1 aromatic rings. The van der Waals surface area contributed by atoms with Gasteiger partial charge in [-0.3, -0.25) is 4.79 Å². The number of likely N-dealkylation sites (N-methyl/N-ethyl adjacent to an activating group) is 1. The molecule has 28 heavy (non-hydrogen) atoms. The Morgan fingerprint density at radius 1 is 1.18 bits per heavy atom. The van der Waals surface area contributed by atoms with E-state index in [9.17, 15) is 4.79 Å². The maximum Gasteiger partial charge on any atom is 0.231 e. The van der Waals surface area contributed by atoms with Crippen LogP contribution in [0.25, 0.3) is 0 Å². The summed E-state index contributed by atoms with van der Waals surface area (Å²) >= 11 is 0. The first-order valence-electron chi connectivity index (χ1n) is 9.83. The second-order valence-electron chi connectivity index (χ2n) is 9.31. The van der Waals surface area contributed by atoms with E-state index in [1.165, 1.54) is 0 Å². The second kappa shape index (κ2) is 9.14. The van der Waals surface area contributed by atoms with Gasteiger partial charge in [0.2, 0.25) is 12.7 Å². The molecular weight excluding hydrogens is 358 g/mol. The molecule has 1 aliphatic rings. The van der Waals surface area contributed by atoms with Crippen LogP contribution in [-0.2, 0) is 20.7 Å². The van der Waals surface area contributed by atoms with Crippen molar-refractivity contribution in [3.63, 3.8) is 0 Å². The highest BCUT2D eigenvalue weighted by Gasteiger charge is 2.27. The highest BCUT2D eigenvalue weighted by Crippen LogP contribution is 2.33. The highest BCUT2D eigenvalue weighted by molar-refractivity contribution is 5.77. The van der Waals surface area contributed by atoms with Crippen LogP contribution in [0, 0.1) is 5.41 Å². The van der Waals surface area contributed by atoms with E-state index in [1.807, 2.05) is 64.8 Å². The van der Waals surface area contributed by atoms with Gasteiger partial charge in [0.1, 0.15) is 6.79 Å². The first-order chi connectivity index (χ1) is 13.0. The molecule has 0 bridgehead atoms. The minimum atomic E-state index is -0.259. The predicted octanol–water partition coefficient (Wildman–Crippen LogP) is 4.01. The summed E-state index contributed by atoms with van der Waals surface area (Å²) in [7, 11) is 1.86. The molecule has 1 amide bonds. The lowest BCUT2D eigenvalue weighted by atomic mass is 9.89. The quantitative estimate of drug-likeness (QED) is 0.469. The van der Waals surface area contributed by atoms with Crippen LogP contribution >= 0.6 is 0 Å². The number of hydrogen-bond donors (Lipinski definition) is 0. The average molecular weight is 394 g/mol. The summed E-state index contributed by atoms with van der Waals surface area (Å²) in [4.78, 5) is 14.6. The van der Waals surface area contributed by atoms with Crippen LogP contribution < -0.4 is 9.47 Å². The Morgan fingerprint density at radius 3 is 2.54 bits per heavy atom. The van der Waals surface area contributed by atoms with E-state index in [1.54, 1.807) is 0 Å². The van der Waals surface area contributed by atoms with Gasteiger partial charge in [0, 0.05) is 19.5 Å². The summed E-state index contributed by atoms with van der Waals surface area (Å²) in [5, 5.41) is 0. The van der Waals surface area contributed by atoms with E-state index in [4.69, 9.17) is 18.9 Å². The van der Waals surface area contributed by atoms with Crippen LogP contribution in [-0.4, -0.2) is 49.7 Å². The van der Waals surface area contributed by atoms with E-state index >= 15 is 0 Å². The van der Waals surface area contributed by atoms with Crippen LogP contribution in [0.3, 0.4) is 0 Å². The van der Waals surface area contributed by atoms with Crippen LogP contribution in [0.15, 0.2) is 18.2 Å². The second-order valence-corrected chi connectivity index (χ2v) is 9.31. The Labute approximate surface area is 169 Å². The third-order valence-corrected chi connectivity index (χ3v) is 4.72. The minimum absolute atomic E-state index is 0.0776. The molecule has 0 spiro atoms. The molecule has 6 heteroatoms. The molecule has 1 aromatic carbocycles. The summed E-state index contributed by atoms with van der Waals surface area (Å²) in [6.45, 7) is 13.1. The van der Waals surface area contributed by atoms with Crippen LogP contribution in [0.1, 0.15) is 53.5 Å². The van der Waals surface area contributed by atoms with Crippen molar-refractivity contribution < 1.29 is 23.7 Å². The molecule has 0 radical (unpaired) electrons. The molecule has 1 aliphatic heterocycles. The number of nitrogens with zero attached hydrogens (tertiary/aromatic N) is 1. The van der Waals surface area contributed by atoms with E-state index in [2.05, 4.69) is 6.92 Å². The van der Waals surface area contributed by atoms with E-state index in [0.29, 0.717) is 13.0 Å². The normalized spacial score (nSPS) is 14.8. The fraction of sp³-hybridized carbons (Fsp3) is 0.682. The largest absolute Gasteiger partial charge is 0.454 e. The minimum Gasteiger partial charge on any atom is -0.454 e. The molecule has 0 fully saturated rings. The molecule has 0 saturated carbocycles. The molecule has 2 rings (SSSR count). The van der Waals surface area contributed by atoms with Crippen LogP contribution in [0.4, 0.5) is 0 Å². The van der Waals surface area contributed by atoms with Gasteiger partial charge in [-0.05, 0) is 57.2 Å². The van der Waals surface area contributed by atoms with Gasteiger partial charge in [0.15, 0.2) is 11.5 Å². The van der Waals surface area contributed by atoms with Crippen molar-refractivity contribution in [1.29, 1.82) is 0 Å². The molecule has 1 atom stereocenters. The number of amides is 1. The number of fused-ring (bicyclic) bond motifs is 1. The summed E-state index contributed by atoms with van der Waals surface area (Å²) in [6.07, 6.45) is 1.18. The standard InChI is InChI=1S/C22H35NO5/c1-16(10-17-8-9-18-19(11-17)27-15-26-18)23(7)20(24)12-22(5,6)13-25-14-28-21(2,3)4/h8-9,11,16H,10,12-15H2,1-7H3. The monoisotopic (exact) mass is 393 g/mol. The molecule has 0 aliphatic carbocycles. The van der Waals surface area contributed by atoms with Crippen molar-refractivity contribution in [2.24, 2.45) is 5.41 Å². The van der Waals surface area contributed by atoms with Crippen molar-refractivity contribution in [2.75, 3.05) is 27.2 Å². The van der Waals surface area contributed by atoms with Gasteiger partial charge in [-0.1, -0.05) is 19.9 Å². The summed E-state index contributed by atoms with van der Waals surface area (Å²) in [5.41, 5.74) is 0.633. The fourth-order valence-corrected chi connectivity index (χ4v) is 2.91. The molecule has 0 saturated heterocycles. The van der Waals surface area contributed by atoms with E-state index < -0.39 is 0 Å². The lowest BCUT2D eigenvalue weighted by Gasteiger charge is -2.30. The SMILES string of the molecule is CC(Cc1ccc2c(c1)OCO2)N(C)C(=O)CC(C)(C)COCOC(C)(C)C. The van der Waals surface area contributed by atoms with Gasteiger partial charge in [0.25, 0.3) is 0 Å². The smallest absolute Gasteiger partial charge is 0.231 e.